The van der Waals surface area contributed by atoms with Gasteiger partial charge in [-0.1, -0.05) is 0 Å². The van der Waals surface area contributed by atoms with Crippen molar-refractivity contribution < 1.29 is 13.9 Å². The van der Waals surface area contributed by atoms with Crippen LogP contribution in [0.5, 0.6) is 11.8 Å². The molecular formula is C12H12ClFN4O2. The van der Waals surface area contributed by atoms with Crippen molar-refractivity contribution in [2.45, 2.75) is 6.92 Å². The summed E-state index contributed by atoms with van der Waals surface area (Å²) in [6.45, 7) is 2.21. The predicted octanol–water partition coefficient (Wildman–Crippen LogP) is 2.82. The van der Waals surface area contributed by atoms with Crippen molar-refractivity contribution in [3.05, 3.63) is 29.3 Å². The molecule has 6 nitrogen and oxygen atoms in total. The van der Waals surface area contributed by atoms with Crippen molar-refractivity contribution in [1.82, 2.24) is 15.0 Å². The number of hydrogen-bond acceptors (Lipinski definition) is 6. The van der Waals surface area contributed by atoms with E-state index in [1.807, 2.05) is 0 Å². The smallest absolute Gasteiger partial charge is 0.322 e. The van der Waals surface area contributed by atoms with Gasteiger partial charge in [0.2, 0.25) is 11.2 Å². The van der Waals surface area contributed by atoms with Gasteiger partial charge in [-0.25, -0.2) is 4.39 Å². The molecule has 0 saturated carbocycles. The lowest BCUT2D eigenvalue weighted by Gasteiger charge is -2.08. The van der Waals surface area contributed by atoms with Gasteiger partial charge in [-0.3, -0.25) is 0 Å². The Morgan fingerprint density at radius 3 is 2.80 bits per heavy atom. The van der Waals surface area contributed by atoms with E-state index in [1.54, 1.807) is 6.92 Å². The number of rotatable bonds is 5. The first-order valence-corrected chi connectivity index (χ1v) is 6.15. The minimum Gasteiger partial charge on any atom is -0.494 e. The molecule has 106 valence electrons. The Hall–Kier alpha value is -2.15. The second-order valence-electron chi connectivity index (χ2n) is 3.62. The molecule has 0 bridgehead atoms. The van der Waals surface area contributed by atoms with E-state index in [-0.39, 0.29) is 23.0 Å². The van der Waals surface area contributed by atoms with Crippen LogP contribution in [-0.2, 0) is 0 Å². The first-order chi connectivity index (χ1) is 9.62. The minimum atomic E-state index is -0.457. The Bertz CT molecular complexity index is 612. The largest absolute Gasteiger partial charge is 0.494 e. The fourth-order valence-corrected chi connectivity index (χ4v) is 1.60. The average Bonchev–Trinajstić information content (AvgIpc) is 2.40. The molecular weight excluding hydrogens is 287 g/mol. The van der Waals surface area contributed by atoms with Crippen molar-refractivity contribution in [3.63, 3.8) is 0 Å². The number of nitrogens with one attached hydrogen (secondary N) is 1. The zero-order chi connectivity index (χ0) is 14.5. The predicted molar refractivity (Wildman–Crippen MR) is 72.2 cm³/mol. The Labute approximate surface area is 119 Å². The summed E-state index contributed by atoms with van der Waals surface area (Å²) in [5.41, 5.74) is 0.549. The van der Waals surface area contributed by atoms with E-state index in [4.69, 9.17) is 21.1 Å². The van der Waals surface area contributed by atoms with E-state index in [1.165, 1.54) is 25.3 Å². The highest BCUT2D eigenvalue weighted by Crippen LogP contribution is 2.24. The highest BCUT2D eigenvalue weighted by atomic mass is 35.5. The summed E-state index contributed by atoms with van der Waals surface area (Å²) in [5, 5.41) is 2.87. The number of anilines is 2. The SMILES string of the molecule is CCOc1nc(Cl)nc(Nc2ccc(F)c(OC)c2)n1. The average molecular weight is 299 g/mol. The van der Waals surface area contributed by atoms with Crippen LogP contribution in [0.15, 0.2) is 18.2 Å². The maximum absolute atomic E-state index is 13.3. The first-order valence-electron chi connectivity index (χ1n) is 5.77. The number of nitrogens with zero attached hydrogens (tertiary/aromatic N) is 3. The molecule has 2 aromatic rings. The van der Waals surface area contributed by atoms with Crippen molar-refractivity contribution in [2.24, 2.45) is 0 Å². The van der Waals surface area contributed by atoms with Crippen LogP contribution in [0.2, 0.25) is 5.28 Å². The van der Waals surface area contributed by atoms with Gasteiger partial charge < -0.3 is 14.8 Å². The molecule has 0 radical (unpaired) electrons. The van der Waals surface area contributed by atoms with Gasteiger partial charge in [-0.05, 0) is 30.7 Å². The van der Waals surface area contributed by atoms with Crippen molar-refractivity contribution >= 4 is 23.2 Å². The highest BCUT2D eigenvalue weighted by molar-refractivity contribution is 6.28. The van der Waals surface area contributed by atoms with Gasteiger partial charge in [-0.15, -0.1) is 0 Å². The Morgan fingerprint density at radius 2 is 2.10 bits per heavy atom. The third kappa shape index (κ3) is 3.45. The maximum atomic E-state index is 13.3. The summed E-state index contributed by atoms with van der Waals surface area (Å²) in [6.07, 6.45) is 0. The van der Waals surface area contributed by atoms with E-state index >= 15 is 0 Å². The second-order valence-corrected chi connectivity index (χ2v) is 3.96. The molecule has 0 aliphatic rings. The number of benzene rings is 1. The first kappa shape index (κ1) is 14.3. The van der Waals surface area contributed by atoms with Crippen LogP contribution in [0.4, 0.5) is 16.0 Å². The second kappa shape index (κ2) is 6.33. The topological polar surface area (TPSA) is 69.2 Å². The van der Waals surface area contributed by atoms with Crippen LogP contribution >= 0.6 is 11.6 Å². The Balaban J connectivity index is 2.25. The lowest BCUT2D eigenvalue weighted by molar-refractivity contribution is 0.312. The van der Waals surface area contributed by atoms with E-state index in [0.717, 1.165) is 0 Å². The summed E-state index contributed by atoms with van der Waals surface area (Å²) >= 11 is 5.77. The summed E-state index contributed by atoms with van der Waals surface area (Å²) in [6, 6.07) is 4.39. The van der Waals surface area contributed by atoms with E-state index < -0.39 is 5.82 Å². The van der Waals surface area contributed by atoms with Gasteiger partial charge in [0, 0.05) is 11.8 Å². The molecule has 1 aromatic heterocycles. The number of halogens is 2. The van der Waals surface area contributed by atoms with Crippen LogP contribution in [0.1, 0.15) is 6.92 Å². The molecule has 0 fully saturated rings. The molecule has 1 heterocycles. The summed E-state index contributed by atoms with van der Waals surface area (Å²) < 4.78 is 23.4. The van der Waals surface area contributed by atoms with Gasteiger partial charge in [0.1, 0.15) is 0 Å². The summed E-state index contributed by atoms with van der Waals surface area (Å²) in [7, 11) is 1.38. The maximum Gasteiger partial charge on any atom is 0.322 e. The molecule has 8 heteroatoms. The lowest BCUT2D eigenvalue weighted by Crippen LogP contribution is -2.04. The molecule has 20 heavy (non-hydrogen) atoms. The zero-order valence-electron chi connectivity index (χ0n) is 10.9. The third-order valence-electron chi connectivity index (χ3n) is 2.27. The summed E-state index contributed by atoms with van der Waals surface area (Å²) in [4.78, 5) is 11.7. The normalized spacial score (nSPS) is 10.2. The van der Waals surface area contributed by atoms with Crippen molar-refractivity contribution in [2.75, 3.05) is 19.0 Å². The Kier molecular flexibility index (Phi) is 4.52. The molecule has 0 unspecified atom stereocenters. The molecule has 1 aromatic carbocycles. The van der Waals surface area contributed by atoms with E-state index in [9.17, 15) is 4.39 Å². The van der Waals surface area contributed by atoms with Crippen LogP contribution in [0.3, 0.4) is 0 Å². The van der Waals surface area contributed by atoms with E-state index in [0.29, 0.717) is 12.3 Å². The van der Waals surface area contributed by atoms with Gasteiger partial charge in [0.05, 0.1) is 13.7 Å². The van der Waals surface area contributed by atoms with Crippen LogP contribution < -0.4 is 14.8 Å². The molecule has 0 amide bonds. The van der Waals surface area contributed by atoms with Crippen LogP contribution in [-0.4, -0.2) is 28.7 Å². The Morgan fingerprint density at radius 1 is 1.30 bits per heavy atom. The molecule has 0 spiro atoms. The molecule has 1 N–H and O–H groups in total. The fourth-order valence-electron chi connectivity index (χ4n) is 1.45. The standard InChI is InChI=1S/C12H12ClFN4O2/c1-3-20-12-17-10(13)16-11(18-12)15-7-4-5-8(14)9(6-7)19-2/h4-6H,3H2,1-2H3,(H,15,16,17,18). The quantitative estimate of drug-likeness (QED) is 0.915. The minimum absolute atomic E-state index is 0.0000247. The van der Waals surface area contributed by atoms with Crippen molar-refractivity contribution in [1.29, 1.82) is 0 Å². The molecule has 0 aliphatic carbocycles. The molecule has 2 rings (SSSR count). The van der Waals surface area contributed by atoms with Gasteiger partial charge in [0.15, 0.2) is 11.6 Å². The zero-order valence-corrected chi connectivity index (χ0v) is 11.6. The van der Waals surface area contributed by atoms with Gasteiger partial charge in [0.25, 0.3) is 0 Å². The number of ether oxygens (including phenoxy) is 2. The van der Waals surface area contributed by atoms with Gasteiger partial charge >= 0.3 is 6.01 Å². The highest BCUT2D eigenvalue weighted by Gasteiger charge is 2.08. The number of hydrogen-bond donors (Lipinski definition) is 1. The number of aromatic nitrogens is 3. The van der Waals surface area contributed by atoms with Crippen molar-refractivity contribution in [3.8, 4) is 11.8 Å². The lowest BCUT2D eigenvalue weighted by atomic mass is 10.3. The van der Waals surface area contributed by atoms with E-state index in [2.05, 4.69) is 20.3 Å². The monoisotopic (exact) mass is 298 g/mol. The molecule has 0 aliphatic heterocycles. The molecule has 0 saturated heterocycles. The molecule has 0 atom stereocenters. The van der Waals surface area contributed by atoms with Gasteiger partial charge in [-0.2, -0.15) is 15.0 Å². The third-order valence-corrected chi connectivity index (χ3v) is 2.44. The fraction of sp³-hybridized carbons (Fsp3) is 0.250. The van der Waals surface area contributed by atoms with Crippen LogP contribution in [0, 0.1) is 5.82 Å². The summed E-state index contributed by atoms with van der Waals surface area (Å²) in [5.74, 6) is -0.149. The number of methoxy groups -OCH3 is 1. The van der Waals surface area contributed by atoms with Crippen LogP contribution in [0.25, 0.3) is 0 Å².